The second-order valence-electron chi connectivity index (χ2n) is 13.8. The monoisotopic (exact) mass is 808 g/mol. The molecule has 0 spiro atoms. The quantitative estimate of drug-likeness (QED) is 0.0750. The van der Waals surface area contributed by atoms with Crippen LogP contribution in [-0.4, -0.2) is 28.9 Å². The Balaban J connectivity index is 0.000000363. The molecule has 1 radical (unpaired) electrons. The van der Waals surface area contributed by atoms with E-state index in [4.69, 9.17) is 4.98 Å². The summed E-state index contributed by atoms with van der Waals surface area (Å²) in [5.74, 6) is 0.547. The van der Waals surface area contributed by atoms with Crippen LogP contribution < -0.4 is 5.19 Å². The van der Waals surface area contributed by atoms with Crippen LogP contribution in [0.25, 0.3) is 32.2 Å². The predicted octanol–water partition coefficient (Wildman–Crippen LogP) is 10.3. The molecule has 0 fully saturated rings. The van der Waals surface area contributed by atoms with E-state index in [1.807, 2.05) is 27.7 Å². The van der Waals surface area contributed by atoms with Crippen LogP contribution in [0.5, 0.6) is 0 Å². The number of nitrogens with zero attached hydrogens (tertiary/aromatic N) is 2. The number of ketones is 1. The van der Waals surface area contributed by atoms with Gasteiger partial charge in [0.2, 0.25) is 0 Å². The molecule has 4 rings (SSSR count). The number of aromatic nitrogens is 2. The molecule has 44 heavy (non-hydrogen) atoms. The van der Waals surface area contributed by atoms with E-state index in [0.717, 1.165) is 53.6 Å². The Hall–Kier alpha value is -2.18. The Morgan fingerprint density at radius 3 is 2.14 bits per heavy atom. The molecule has 4 aromatic rings. The van der Waals surface area contributed by atoms with Gasteiger partial charge >= 0.3 is 0 Å². The molecule has 2 heterocycles. The van der Waals surface area contributed by atoms with Crippen molar-refractivity contribution in [3.8, 4) is 11.3 Å². The zero-order valence-electron chi connectivity index (χ0n) is 28.3. The predicted molar refractivity (Wildman–Crippen MR) is 189 cm³/mol. The summed E-state index contributed by atoms with van der Waals surface area (Å²) in [6.45, 7) is 22.1. The van der Waals surface area contributed by atoms with Crippen molar-refractivity contribution >= 4 is 51.4 Å². The number of fused-ring (bicyclic) bond motifs is 2. The fraction of sp³-hybridized carbons (Fsp3) is 0.486. The third-order valence-corrected chi connectivity index (χ3v) is 11.1. The Labute approximate surface area is 284 Å². The van der Waals surface area contributed by atoms with Crippen molar-refractivity contribution in [2.75, 3.05) is 0 Å². The first-order chi connectivity index (χ1) is 20.2. The number of aliphatic hydroxyl groups is 1. The van der Waals surface area contributed by atoms with E-state index < -0.39 is 8.07 Å². The maximum absolute atomic E-state index is 11.7. The summed E-state index contributed by atoms with van der Waals surface area (Å²) in [7, 11) is -1.52. The van der Waals surface area contributed by atoms with Crippen LogP contribution in [0.4, 0.5) is 0 Å². The van der Waals surface area contributed by atoms with Crippen LogP contribution in [-0.2, 0) is 31.3 Å². The molecular weight excluding hydrogens is 757 g/mol. The van der Waals surface area contributed by atoms with Gasteiger partial charge in [-0.1, -0.05) is 97.3 Å². The van der Waals surface area contributed by atoms with Gasteiger partial charge in [-0.05, 0) is 43.6 Å². The Bertz CT molecular complexity index is 1560. The average Bonchev–Trinajstić information content (AvgIpc) is 3.34. The third-order valence-electron chi connectivity index (χ3n) is 8.01. The largest absolute Gasteiger partial charge is 0.512 e. The fourth-order valence-corrected chi connectivity index (χ4v) is 8.39. The third kappa shape index (κ3) is 9.91. The minimum absolute atomic E-state index is 0. The second kappa shape index (κ2) is 16.4. The molecule has 0 saturated carbocycles. The number of aliphatic hydroxyl groups excluding tert-OH is 1. The van der Waals surface area contributed by atoms with Gasteiger partial charge in [-0.2, -0.15) is 0 Å². The van der Waals surface area contributed by atoms with E-state index in [-0.39, 0.29) is 48.9 Å². The SMILES string of the molecule is CC(C)(C)Cc1cc2c(-c3[c-]c4ccccc4c([Si](C)(C)C)c3)ncnc2s1.CCC(CC)C(=O)/C=C(\O)C(CC)CC.[Ir]. The van der Waals surface area contributed by atoms with Gasteiger partial charge in [0.25, 0.3) is 0 Å². The molecule has 0 unspecified atom stereocenters. The zero-order chi connectivity index (χ0) is 31.9. The number of rotatable bonds is 10. The molecular formula is C37H51IrN2O2SSi-. The first-order valence-corrected chi connectivity index (χ1v) is 20.2. The Kier molecular flexibility index (Phi) is 14.2. The van der Waals surface area contributed by atoms with Gasteiger partial charge in [-0.25, -0.2) is 4.98 Å². The number of hydrogen-bond donors (Lipinski definition) is 1. The molecule has 0 aliphatic rings. The van der Waals surface area contributed by atoms with Crippen molar-refractivity contribution in [1.82, 2.24) is 9.97 Å². The number of thiophene rings is 1. The summed E-state index contributed by atoms with van der Waals surface area (Å²) in [6.07, 6.45) is 7.66. The molecule has 0 aliphatic carbocycles. The summed E-state index contributed by atoms with van der Waals surface area (Å²) >= 11 is 1.79. The molecule has 7 heteroatoms. The van der Waals surface area contributed by atoms with Crippen molar-refractivity contribution in [2.24, 2.45) is 17.3 Å². The first kappa shape index (κ1) is 38.0. The summed E-state index contributed by atoms with van der Waals surface area (Å²) in [5, 5.41) is 14.9. The summed E-state index contributed by atoms with van der Waals surface area (Å²) in [5.41, 5.74) is 2.35. The molecule has 0 saturated heterocycles. The first-order valence-electron chi connectivity index (χ1n) is 15.9. The van der Waals surface area contributed by atoms with E-state index in [2.05, 4.69) is 87.9 Å². The van der Waals surface area contributed by atoms with E-state index in [9.17, 15) is 9.90 Å². The molecule has 4 nitrogen and oxygen atoms in total. The van der Waals surface area contributed by atoms with Gasteiger partial charge in [0.1, 0.15) is 11.2 Å². The molecule has 2 aromatic heterocycles. The maximum atomic E-state index is 11.7. The smallest absolute Gasteiger partial charge is 0.162 e. The van der Waals surface area contributed by atoms with Crippen molar-refractivity contribution in [2.45, 2.75) is 100 Å². The maximum Gasteiger partial charge on any atom is 0.162 e. The molecule has 0 bridgehead atoms. The molecule has 1 N–H and O–H groups in total. The standard InChI is InChI=1S/C24H27N2SSi.C13H24O2.Ir/c1-24(2,3)14-18-13-20-22(25-15-26-23(20)27-18)17-11-16-9-7-8-10-19(16)21(12-17)28(4,5)6;1-5-10(6-2)12(14)9-13(15)11(7-3)8-4;/h7-10,12-13,15H,14H2,1-6H3;9-11,14H,5-8H2,1-4H3;/q-1;;/b;12-9-;. The number of allylic oxidation sites excluding steroid dienone is 2. The van der Waals surface area contributed by atoms with Crippen molar-refractivity contribution in [3.05, 3.63) is 65.5 Å². The van der Waals surface area contributed by atoms with Crippen LogP contribution in [0.3, 0.4) is 0 Å². The molecule has 241 valence electrons. The topological polar surface area (TPSA) is 63.1 Å². The summed E-state index contributed by atoms with van der Waals surface area (Å²) < 4.78 is 0. The Morgan fingerprint density at radius 2 is 1.57 bits per heavy atom. The molecule has 0 atom stereocenters. The van der Waals surface area contributed by atoms with Crippen LogP contribution in [0, 0.1) is 23.3 Å². The van der Waals surface area contributed by atoms with Gasteiger partial charge in [-0.15, -0.1) is 40.1 Å². The van der Waals surface area contributed by atoms with Gasteiger partial charge < -0.3 is 5.11 Å². The number of hydrogen-bond acceptors (Lipinski definition) is 5. The van der Waals surface area contributed by atoms with Crippen LogP contribution >= 0.6 is 11.3 Å². The van der Waals surface area contributed by atoms with Gasteiger partial charge in [-0.3, -0.25) is 9.78 Å². The summed E-state index contributed by atoms with van der Waals surface area (Å²) in [6, 6.07) is 16.9. The second-order valence-corrected chi connectivity index (χ2v) is 19.9. The minimum Gasteiger partial charge on any atom is -0.512 e. The van der Waals surface area contributed by atoms with Crippen LogP contribution in [0.1, 0.15) is 79.0 Å². The van der Waals surface area contributed by atoms with E-state index in [1.165, 1.54) is 26.9 Å². The molecule has 2 aromatic carbocycles. The van der Waals surface area contributed by atoms with Gasteiger partial charge in [0, 0.05) is 54.0 Å². The summed E-state index contributed by atoms with van der Waals surface area (Å²) in [4.78, 5) is 23.4. The average molecular weight is 808 g/mol. The van der Waals surface area contributed by atoms with Crippen molar-refractivity contribution in [1.29, 1.82) is 0 Å². The number of carbonyl (C=O) groups excluding carboxylic acids is 1. The zero-order valence-corrected chi connectivity index (χ0v) is 32.5. The van der Waals surface area contributed by atoms with Gasteiger partial charge in [0.05, 0.1) is 13.8 Å². The number of benzene rings is 2. The number of carbonyl (C=O) groups is 1. The molecule has 0 amide bonds. The van der Waals surface area contributed by atoms with E-state index >= 15 is 0 Å². The van der Waals surface area contributed by atoms with Crippen LogP contribution in [0.2, 0.25) is 19.6 Å². The van der Waals surface area contributed by atoms with Crippen molar-refractivity contribution < 1.29 is 30.0 Å². The van der Waals surface area contributed by atoms with Crippen LogP contribution in [0.15, 0.2) is 54.6 Å². The van der Waals surface area contributed by atoms with Gasteiger partial charge in [0.15, 0.2) is 5.78 Å². The van der Waals surface area contributed by atoms with E-state index in [1.54, 1.807) is 17.7 Å². The van der Waals surface area contributed by atoms with Crippen molar-refractivity contribution in [3.63, 3.8) is 0 Å². The fourth-order valence-electron chi connectivity index (χ4n) is 5.49. The van der Waals surface area contributed by atoms with E-state index in [0.29, 0.717) is 0 Å². The molecule has 0 aliphatic heterocycles. The minimum atomic E-state index is -1.52. The normalized spacial score (nSPS) is 12.4. The Morgan fingerprint density at radius 1 is 0.955 bits per heavy atom.